The highest BCUT2D eigenvalue weighted by Crippen LogP contribution is 2.27. The van der Waals surface area contributed by atoms with Gasteiger partial charge in [0, 0.05) is 17.4 Å². The maximum atomic E-state index is 13.0. The number of thiazole rings is 1. The smallest absolute Gasteiger partial charge is 0.306 e. The molecule has 0 spiro atoms. The molecule has 5 nitrogen and oxygen atoms in total. The van der Waals surface area contributed by atoms with Crippen LogP contribution >= 0.6 is 11.3 Å². The van der Waals surface area contributed by atoms with E-state index in [2.05, 4.69) is 4.98 Å². The summed E-state index contributed by atoms with van der Waals surface area (Å²) < 4.78 is 17.7. The first-order valence-corrected chi connectivity index (χ1v) is 8.22. The molecule has 0 saturated carbocycles. The lowest BCUT2D eigenvalue weighted by atomic mass is 10.0. The molecule has 2 rings (SSSR count). The van der Waals surface area contributed by atoms with Gasteiger partial charge in [-0.25, -0.2) is 9.37 Å². The maximum absolute atomic E-state index is 13.0. The van der Waals surface area contributed by atoms with Crippen molar-refractivity contribution in [1.82, 2.24) is 4.98 Å². The summed E-state index contributed by atoms with van der Waals surface area (Å²) in [6.07, 6.45) is -0.121. The van der Waals surface area contributed by atoms with Crippen molar-refractivity contribution in [2.75, 3.05) is 6.61 Å². The van der Waals surface area contributed by atoms with E-state index >= 15 is 0 Å². The third-order valence-electron chi connectivity index (χ3n) is 3.24. The molecule has 0 aliphatic carbocycles. The molecule has 2 aromatic rings. The zero-order valence-corrected chi connectivity index (χ0v) is 13.8. The topological polar surface area (TPSA) is 80.0 Å². The van der Waals surface area contributed by atoms with Gasteiger partial charge in [-0.3, -0.25) is 9.59 Å². The molecule has 0 bridgehead atoms. The fraction of sp³-hybridized carbons (Fsp3) is 0.294. The van der Waals surface area contributed by atoms with E-state index in [0.29, 0.717) is 16.3 Å². The minimum absolute atomic E-state index is 0.0545. The average molecular weight is 346 g/mol. The monoisotopic (exact) mass is 346 g/mol. The Kier molecular flexibility index (Phi) is 6.15. The van der Waals surface area contributed by atoms with Crippen LogP contribution < -0.4 is 0 Å². The Morgan fingerprint density at radius 2 is 2.04 bits per heavy atom. The van der Waals surface area contributed by atoms with E-state index in [4.69, 9.17) is 4.74 Å². The second-order valence-electron chi connectivity index (χ2n) is 4.91. The van der Waals surface area contributed by atoms with E-state index < -0.39 is 11.9 Å². The molecule has 124 valence electrons. The number of hydrogen-bond acceptors (Lipinski definition) is 6. The first kappa shape index (κ1) is 17.8. The summed E-state index contributed by atoms with van der Waals surface area (Å²) in [7, 11) is 0. The number of ether oxygens (including phenoxy) is 1. The standard InChI is InChI=1S/C17H15FN2O3S/c1-2-23-16(22)8-7-15(21)13(9-19)17-20-14(10-24-17)11-3-5-12(18)6-4-11/h3-6,10,13H,2,7-8H2,1H3/t13-/m0/s1. The van der Waals surface area contributed by atoms with E-state index in [1.807, 2.05) is 6.07 Å². The predicted octanol–water partition coefficient (Wildman–Crippen LogP) is 3.47. The van der Waals surface area contributed by atoms with Gasteiger partial charge in [0.25, 0.3) is 0 Å². The number of benzene rings is 1. The van der Waals surface area contributed by atoms with Crippen molar-refractivity contribution in [3.63, 3.8) is 0 Å². The number of hydrogen-bond donors (Lipinski definition) is 0. The van der Waals surface area contributed by atoms with Crippen molar-refractivity contribution < 1.29 is 18.7 Å². The largest absolute Gasteiger partial charge is 0.466 e. The molecule has 0 aliphatic rings. The van der Waals surface area contributed by atoms with Crippen LogP contribution in [0.3, 0.4) is 0 Å². The van der Waals surface area contributed by atoms with Gasteiger partial charge in [-0.05, 0) is 31.2 Å². The molecule has 24 heavy (non-hydrogen) atoms. The summed E-state index contributed by atoms with van der Waals surface area (Å²) in [6, 6.07) is 7.74. The normalized spacial score (nSPS) is 11.5. The average Bonchev–Trinajstić information content (AvgIpc) is 3.04. The van der Waals surface area contributed by atoms with Crippen LogP contribution in [0, 0.1) is 17.1 Å². The molecule has 0 aliphatic heterocycles. The van der Waals surface area contributed by atoms with Gasteiger partial charge in [-0.2, -0.15) is 5.26 Å². The van der Waals surface area contributed by atoms with Gasteiger partial charge in [0.2, 0.25) is 0 Å². The van der Waals surface area contributed by atoms with Crippen molar-refractivity contribution >= 4 is 23.1 Å². The Balaban J connectivity index is 2.08. The fourth-order valence-electron chi connectivity index (χ4n) is 2.04. The van der Waals surface area contributed by atoms with Crippen LogP contribution in [-0.2, 0) is 14.3 Å². The highest BCUT2D eigenvalue weighted by Gasteiger charge is 2.24. The zero-order chi connectivity index (χ0) is 17.5. The van der Waals surface area contributed by atoms with E-state index in [9.17, 15) is 19.2 Å². The van der Waals surface area contributed by atoms with E-state index in [-0.39, 0.29) is 31.0 Å². The zero-order valence-electron chi connectivity index (χ0n) is 13.0. The molecule has 0 amide bonds. The fourth-order valence-corrected chi connectivity index (χ4v) is 2.93. The van der Waals surface area contributed by atoms with E-state index in [1.165, 1.54) is 23.5 Å². The van der Waals surface area contributed by atoms with Crippen LogP contribution in [0.15, 0.2) is 29.6 Å². The highest BCUT2D eigenvalue weighted by atomic mass is 32.1. The van der Waals surface area contributed by atoms with Crippen molar-refractivity contribution in [1.29, 1.82) is 5.26 Å². The number of carbonyl (C=O) groups is 2. The van der Waals surface area contributed by atoms with Crippen LogP contribution in [0.5, 0.6) is 0 Å². The number of ketones is 1. The van der Waals surface area contributed by atoms with Gasteiger partial charge in [-0.15, -0.1) is 11.3 Å². The third kappa shape index (κ3) is 4.46. The van der Waals surface area contributed by atoms with Crippen molar-refractivity contribution in [3.8, 4) is 17.3 Å². The molecular formula is C17H15FN2O3S. The number of rotatable bonds is 7. The quantitative estimate of drug-likeness (QED) is 0.717. The molecule has 0 radical (unpaired) electrons. The number of Topliss-reactive ketones (excluding diaryl/α,β-unsaturated/α-hetero) is 1. The van der Waals surface area contributed by atoms with E-state index in [0.717, 1.165) is 0 Å². The molecule has 1 heterocycles. The summed E-state index contributed by atoms with van der Waals surface area (Å²) in [4.78, 5) is 27.8. The van der Waals surface area contributed by atoms with Gasteiger partial charge in [0.15, 0.2) is 11.7 Å². The van der Waals surface area contributed by atoms with Crippen LogP contribution in [0.1, 0.15) is 30.7 Å². The van der Waals surface area contributed by atoms with Crippen molar-refractivity contribution in [2.45, 2.75) is 25.7 Å². The summed E-state index contributed by atoms with van der Waals surface area (Å²) in [5.74, 6) is -2.20. The van der Waals surface area contributed by atoms with Gasteiger partial charge in [0.05, 0.1) is 24.8 Å². The first-order valence-electron chi connectivity index (χ1n) is 7.34. The third-order valence-corrected chi connectivity index (χ3v) is 4.15. The Bertz CT molecular complexity index is 765. The number of nitriles is 1. The Morgan fingerprint density at radius 3 is 2.67 bits per heavy atom. The second kappa shape index (κ2) is 8.31. The second-order valence-corrected chi connectivity index (χ2v) is 5.80. The minimum atomic E-state index is -1.02. The number of aromatic nitrogens is 1. The van der Waals surface area contributed by atoms with Crippen LogP contribution in [0.2, 0.25) is 0 Å². The number of halogens is 1. The Morgan fingerprint density at radius 1 is 1.33 bits per heavy atom. The van der Waals surface area contributed by atoms with Gasteiger partial charge >= 0.3 is 5.97 Å². The molecule has 0 unspecified atom stereocenters. The summed E-state index contributed by atoms with van der Waals surface area (Å²) >= 11 is 1.19. The van der Waals surface area contributed by atoms with Crippen LogP contribution in [0.25, 0.3) is 11.3 Å². The molecular weight excluding hydrogens is 331 g/mol. The van der Waals surface area contributed by atoms with E-state index in [1.54, 1.807) is 24.4 Å². The lowest BCUT2D eigenvalue weighted by Crippen LogP contribution is -2.13. The van der Waals surface area contributed by atoms with Crippen molar-refractivity contribution in [3.05, 3.63) is 40.5 Å². The van der Waals surface area contributed by atoms with Gasteiger partial charge in [0.1, 0.15) is 10.8 Å². The molecule has 1 atom stereocenters. The summed E-state index contributed by atoms with van der Waals surface area (Å²) in [6.45, 7) is 1.94. The minimum Gasteiger partial charge on any atom is -0.466 e. The number of esters is 1. The molecule has 0 N–H and O–H groups in total. The van der Waals surface area contributed by atoms with Gasteiger partial charge < -0.3 is 4.74 Å². The lowest BCUT2D eigenvalue weighted by Gasteiger charge is -2.05. The summed E-state index contributed by atoms with van der Waals surface area (Å²) in [5.41, 5.74) is 1.28. The van der Waals surface area contributed by atoms with Crippen LogP contribution in [0.4, 0.5) is 4.39 Å². The van der Waals surface area contributed by atoms with Crippen LogP contribution in [-0.4, -0.2) is 23.3 Å². The molecule has 1 aromatic heterocycles. The molecule has 7 heteroatoms. The lowest BCUT2D eigenvalue weighted by molar-refractivity contribution is -0.144. The van der Waals surface area contributed by atoms with Crippen molar-refractivity contribution in [2.24, 2.45) is 0 Å². The predicted molar refractivity (Wildman–Crippen MR) is 86.7 cm³/mol. The highest BCUT2D eigenvalue weighted by molar-refractivity contribution is 7.10. The first-order chi connectivity index (χ1) is 11.5. The SMILES string of the molecule is CCOC(=O)CCC(=O)[C@H](C#N)c1nc(-c2ccc(F)cc2)cs1. The Labute approximate surface area is 142 Å². The molecule has 1 aromatic carbocycles. The molecule has 0 fully saturated rings. The number of nitrogens with zero attached hydrogens (tertiary/aromatic N) is 2. The van der Waals surface area contributed by atoms with Gasteiger partial charge in [-0.1, -0.05) is 0 Å². The molecule has 0 saturated heterocycles. The number of carbonyl (C=O) groups excluding carboxylic acids is 2. The maximum Gasteiger partial charge on any atom is 0.306 e. The summed E-state index contributed by atoms with van der Waals surface area (Å²) in [5, 5.41) is 11.3. The Hall–Kier alpha value is -2.59.